The van der Waals surface area contributed by atoms with Crippen LogP contribution in [0.25, 0.3) is 6.08 Å². The molecule has 1 atom stereocenters. The molecule has 0 bridgehead atoms. The van der Waals surface area contributed by atoms with E-state index in [0.29, 0.717) is 50.0 Å². The maximum atomic E-state index is 13.9. The number of nitrogens with one attached hydrogen (secondary N) is 1. The molecule has 1 aliphatic rings. The van der Waals surface area contributed by atoms with E-state index in [9.17, 15) is 14.4 Å². The molecule has 10 heteroatoms. The van der Waals surface area contributed by atoms with Crippen LogP contribution >= 0.6 is 11.3 Å². The van der Waals surface area contributed by atoms with Crippen molar-refractivity contribution in [2.75, 3.05) is 25.1 Å². The second-order valence-electron chi connectivity index (χ2n) is 10.5. The highest BCUT2D eigenvalue weighted by molar-refractivity contribution is 7.07. The smallest absolute Gasteiger partial charge is 0.338 e. The van der Waals surface area contributed by atoms with Crippen molar-refractivity contribution >= 4 is 35.0 Å². The van der Waals surface area contributed by atoms with Crippen LogP contribution in [-0.4, -0.2) is 36.3 Å². The molecule has 1 aliphatic heterocycles. The highest BCUT2D eigenvalue weighted by Gasteiger charge is 2.33. The first kappa shape index (κ1) is 31.5. The van der Waals surface area contributed by atoms with Gasteiger partial charge < -0.3 is 19.5 Å². The number of nitrogens with zero attached hydrogens (tertiary/aromatic N) is 2. The molecule has 1 amide bonds. The molecule has 0 fully saturated rings. The molecule has 9 nitrogen and oxygen atoms in total. The molecule has 0 unspecified atom stereocenters. The van der Waals surface area contributed by atoms with Gasteiger partial charge in [0, 0.05) is 5.69 Å². The van der Waals surface area contributed by atoms with Gasteiger partial charge in [-0.15, -0.1) is 0 Å². The fourth-order valence-corrected chi connectivity index (χ4v) is 6.08. The number of esters is 1. The van der Waals surface area contributed by atoms with Crippen LogP contribution in [0.2, 0.25) is 0 Å². The molecule has 0 saturated heterocycles. The van der Waals surface area contributed by atoms with Gasteiger partial charge in [-0.3, -0.25) is 14.2 Å². The van der Waals surface area contributed by atoms with Crippen LogP contribution < -0.4 is 29.7 Å². The van der Waals surface area contributed by atoms with Crippen LogP contribution in [0.15, 0.2) is 87.8 Å². The zero-order valence-corrected chi connectivity index (χ0v) is 26.7. The lowest BCUT2D eigenvalue weighted by molar-refractivity contribution is -0.139. The number of fused-ring (bicyclic) bond motifs is 1. The summed E-state index contributed by atoms with van der Waals surface area (Å²) in [4.78, 5) is 44.7. The van der Waals surface area contributed by atoms with Gasteiger partial charge >= 0.3 is 5.97 Å². The van der Waals surface area contributed by atoms with Gasteiger partial charge in [-0.2, -0.15) is 0 Å². The fourth-order valence-electron chi connectivity index (χ4n) is 5.03. The number of anilines is 1. The highest BCUT2D eigenvalue weighted by Crippen LogP contribution is 2.31. The molecular weight excluding hydrogens is 590 g/mol. The third kappa shape index (κ3) is 7.07. The van der Waals surface area contributed by atoms with E-state index in [1.807, 2.05) is 69.3 Å². The van der Waals surface area contributed by atoms with Crippen molar-refractivity contribution in [2.45, 2.75) is 40.7 Å². The van der Waals surface area contributed by atoms with Gasteiger partial charge in [-0.1, -0.05) is 41.7 Å². The summed E-state index contributed by atoms with van der Waals surface area (Å²) in [6.45, 7) is 9.95. The number of amides is 1. The van der Waals surface area contributed by atoms with Gasteiger partial charge in [-0.05, 0) is 99.3 Å². The second-order valence-corrected chi connectivity index (χ2v) is 11.5. The molecule has 3 aromatic carbocycles. The van der Waals surface area contributed by atoms with E-state index in [2.05, 4.69) is 10.3 Å². The van der Waals surface area contributed by atoms with Crippen molar-refractivity contribution in [1.82, 2.24) is 4.57 Å². The third-order valence-electron chi connectivity index (χ3n) is 7.34. The van der Waals surface area contributed by atoms with E-state index in [1.54, 1.807) is 42.7 Å². The summed E-state index contributed by atoms with van der Waals surface area (Å²) < 4.78 is 18.7. The fraction of sp³-hybridized carbons (Fsp3) is 0.257. The van der Waals surface area contributed by atoms with Gasteiger partial charge in [-0.25, -0.2) is 9.79 Å². The summed E-state index contributed by atoms with van der Waals surface area (Å²) in [5, 5.41) is 2.85. The normalized spacial score (nSPS) is 14.4. The lowest BCUT2D eigenvalue weighted by Crippen LogP contribution is -2.39. The number of carbonyl (C=O) groups excluding carboxylic acids is 2. The molecule has 1 aromatic heterocycles. The lowest BCUT2D eigenvalue weighted by Gasteiger charge is -2.24. The monoisotopic (exact) mass is 625 g/mol. The number of aryl methyl sites for hydroxylation is 2. The summed E-state index contributed by atoms with van der Waals surface area (Å²) in [6, 6.07) is 19.5. The maximum Gasteiger partial charge on any atom is 0.338 e. The van der Waals surface area contributed by atoms with Crippen molar-refractivity contribution in [3.63, 3.8) is 0 Å². The van der Waals surface area contributed by atoms with Crippen LogP contribution in [0, 0.1) is 13.8 Å². The number of hydrogen-bond donors (Lipinski definition) is 1. The molecule has 1 N–H and O–H groups in total. The number of thiazole rings is 1. The number of allylic oxidation sites excluding steroid dienone is 1. The average molecular weight is 626 g/mol. The number of benzene rings is 3. The predicted molar refractivity (Wildman–Crippen MR) is 174 cm³/mol. The van der Waals surface area contributed by atoms with Gasteiger partial charge in [0.05, 0.1) is 35.1 Å². The molecule has 45 heavy (non-hydrogen) atoms. The van der Waals surface area contributed by atoms with Gasteiger partial charge in [0.25, 0.3) is 11.5 Å². The largest absolute Gasteiger partial charge is 0.494 e. The third-order valence-corrected chi connectivity index (χ3v) is 8.32. The molecule has 0 aliphatic carbocycles. The number of hydrogen-bond acceptors (Lipinski definition) is 8. The van der Waals surface area contributed by atoms with Crippen LogP contribution in [0.4, 0.5) is 5.69 Å². The van der Waals surface area contributed by atoms with E-state index < -0.39 is 12.0 Å². The molecule has 0 radical (unpaired) electrons. The van der Waals surface area contributed by atoms with Crippen LogP contribution in [0.3, 0.4) is 0 Å². The molecule has 0 saturated carbocycles. The van der Waals surface area contributed by atoms with Crippen LogP contribution in [0.5, 0.6) is 11.5 Å². The Morgan fingerprint density at radius 2 is 1.71 bits per heavy atom. The minimum Gasteiger partial charge on any atom is -0.494 e. The topological polar surface area (TPSA) is 108 Å². The Morgan fingerprint density at radius 1 is 0.933 bits per heavy atom. The van der Waals surface area contributed by atoms with Crippen molar-refractivity contribution in [2.24, 2.45) is 4.99 Å². The molecule has 0 spiro atoms. The van der Waals surface area contributed by atoms with Crippen molar-refractivity contribution in [3.05, 3.63) is 120 Å². The Labute approximate surface area is 265 Å². The minimum absolute atomic E-state index is 0.170. The molecule has 2 heterocycles. The average Bonchev–Trinajstić information content (AvgIpc) is 3.32. The first-order valence-electron chi connectivity index (χ1n) is 14.7. The van der Waals surface area contributed by atoms with E-state index in [-0.39, 0.29) is 24.7 Å². The Balaban J connectivity index is 1.44. The summed E-state index contributed by atoms with van der Waals surface area (Å²) in [7, 11) is 0. The first-order valence-corrected chi connectivity index (χ1v) is 15.5. The minimum atomic E-state index is -0.719. The Kier molecular flexibility index (Phi) is 9.63. The number of ether oxygens (including phenoxy) is 3. The van der Waals surface area contributed by atoms with Crippen molar-refractivity contribution in [1.29, 1.82) is 0 Å². The van der Waals surface area contributed by atoms with Gasteiger partial charge in [0.2, 0.25) is 0 Å². The van der Waals surface area contributed by atoms with E-state index in [4.69, 9.17) is 14.2 Å². The SMILES string of the molecule is CCOC(=O)C1=C(C)N=c2s/c(=C/c3cccc(OCC(=O)Nc4ccc(C)c(C)c4)c3)c(=O)n2[C@H]1c1ccc(OCC)cc1. The molecule has 232 valence electrons. The first-order chi connectivity index (χ1) is 21.7. The van der Waals surface area contributed by atoms with Gasteiger partial charge in [0.15, 0.2) is 11.4 Å². The maximum absolute atomic E-state index is 13.9. The Morgan fingerprint density at radius 3 is 2.42 bits per heavy atom. The summed E-state index contributed by atoms with van der Waals surface area (Å²) in [5.74, 6) is 0.383. The number of aromatic nitrogens is 1. The predicted octanol–water partition coefficient (Wildman–Crippen LogP) is 4.83. The van der Waals surface area contributed by atoms with Crippen LogP contribution in [0.1, 0.15) is 49.1 Å². The molecular formula is C35H35N3O6S. The number of carbonyl (C=O) groups is 2. The summed E-state index contributed by atoms with van der Waals surface area (Å²) in [5.41, 5.74) is 4.92. The van der Waals surface area contributed by atoms with Crippen molar-refractivity contribution in [3.8, 4) is 11.5 Å². The second kappa shape index (κ2) is 13.8. The highest BCUT2D eigenvalue weighted by atomic mass is 32.1. The zero-order valence-electron chi connectivity index (χ0n) is 25.9. The van der Waals surface area contributed by atoms with E-state index >= 15 is 0 Å². The van der Waals surface area contributed by atoms with E-state index in [0.717, 1.165) is 16.7 Å². The number of rotatable bonds is 10. The summed E-state index contributed by atoms with van der Waals surface area (Å²) >= 11 is 1.24. The lowest BCUT2D eigenvalue weighted by atomic mass is 9.96. The Bertz CT molecular complexity index is 1960. The summed E-state index contributed by atoms with van der Waals surface area (Å²) in [6.07, 6.45) is 1.75. The van der Waals surface area contributed by atoms with Gasteiger partial charge in [0.1, 0.15) is 11.5 Å². The van der Waals surface area contributed by atoms with E-state index in [1.165, 1.54) is 11.3 Å². The molecule has 5 rings (SSSR count). The quantitative estimate of drug-likeness (QED) is 0.253. The standard InChI is InChI=1S/C35H35N3O6S/c1-6-42-27-15-12-25(13-16-27)32-31(34(41)43-7-2)23(5)36-35-38(32)33(40)29(45-35)19-24-9-8-10-28(18-24)44-20-30(39)37-26-14-11-21(3)22(4)17-26/h8-19,32H,6-7,20H2,1-5H3,(H,37,39)/b29-19+/t32-/m0/s1. The van der Waals surface area contributed by atoms with Crippen LogP contribution in [-0.2, 0) is 14.3 Å². The Hall–Kier alpha value is -4.96. The van der Waals surface area contributed by atoms with Crippen molar-refractivity contribution < 1.29 is 23.8 Å². The zero-order chi connectivity index (χ0) is 32.1. The molecule has 4 aromatic rings.